The number of hydrogen-bond acceptors (Lipinski definition) is 9. The molecule has 0 aliphatic rings. The highest BCUT2D eigenvalue weighted by Crippen LogP contribution is 2.33. The van der Waals surface area contributed by atoms with E-state index in [9.17, 15) is 40.7 Å². The second kappa shape index (κ2) is 10.2. The molecule has 0 radical (unpaired) electrons. The zero-order valence-corrected chi connectivity index (χ0v) is 16.9. The van der Waals surface area contributed by atoms with Crippen LogP contribution in [0.5, 0.6) is 11.5 Å². The summed E-state index contributed by atoms with van der Waals surface area (Å²) in [5, 5.41) is 0. The predicted molar refractivity (Wildman–Crippen MR) is 101 cm³/mol. The molecular weight excluding hydrogens is 480 g/mol. The van der Waals surface area contributed by atoms with E-state index in [4.69, 9.17) is 6.42 Å². The van der Waals surface area contributed by atoms with E-state index >= 15 is 0 Å². The summed E-state index contributed by atoms with van der Waals surface area (Å²) >= 11 is 0. The minimum Gasteiger partial charge on any atom is -0.416 e. The van der Waals surface area contributed by atoms with E-state index in [-0.39, 0.29) is 30.4 Å². The quantitative estimate of drug-likeness (QED) is 0.148. The third-order valence-corrected chi connectivity index (χ3v) is 3.65. The van der Waals surface area contributed by atoms with Crippen molar-refractivity contribution in [2.45, 2.75) is 25.7 Å². The molecule has 0 amide bonds. The molecule has 1 heterocycles. The molecule has 1 aromatic carbocycles. The summed E-state index contributed by atoms with van der Waals surface area (Å²) in [6, 6.07) is 2.10. The topological polar surface area (TPSA) is 124 Å². The van der Waals surface area contributed by atoms with Crippen LogP contribution in [-0.2, 0) is 16.0 Å². The summed E-state index contributed by atoms with van der Waals surface area (Å²) in [5.74, 6) is -5.94. The van der Waals surface area contributed by atoms with Gasteiger partial charge in [0.25, 0.3) is 0 Å². The Hall–Kier alpha value is -4.13. The largest absolute Gasteiger partial charge is 0.491 e. The number of halogens is 6. The van der Waals surface area contributed by atoms with E-state index in [1.165, 1.54) is 0 Å². The molecule has 0 atom stereocenters. The number of benzene rings is 1. The van der Waals surface area contributed by atoms with Crippen LogP contribution >= 0.6 is 0 Å². The van der Waals surface area contributed by atoms with Crippen LogP contribution in [0.25, 0.3) is 5.69 Å². The van der Waals surface area contributed by atoms with Crippen molar-refractivity contribution < 1.29 is 45.4 Å². The fourth-order valence-electron chi connectivity index (χ4n) is 2.29. The van der Waals surface area contributed by atoms with Crippen molar-refractivity contribution >= 4 is 17.9 Å². The number of aromatic nitrogens is 3. The van der Waals surface area contributed by atoms with Gasteiger partial charge in [-0.2, -0.15) is 36.3 Å². The molecule has 1 aromatic heterocycles. The molecule has 0 aliphatic heterocycles. The zero-order chi connectivity index (χ0) is 25.7. The first kappa shape index (κ1) is 26.1. The number of carbonyl (C=O) groups is 2. The number of nitrogens with one attached hydrogen (secondary N) is 2. The van der Waals surface area contributed by atoms with E-state index in [1.807, 2.05) is 0 Å². The average Bonchev–Trinajstić information content (AvgIpc) is 2.73. The van der Waals surface area contributed by atoms with Crippen molar-refractivity contribution in [3.8, 4) is 29.5 Å². The van der Waals surface area contributed by atoms with Crippen LogP contribution in [0.15, 0.2) is 23.0 Å². The third kappa shape index (κ3) is 6.45. The minimum atomic E-state index is -5.53. The summed E-state index contributed by atoms with van der Waals surface area (Å²) < 4.78 is 84.3. The molecule has 10 nitrogen and oxygen atoms in total. The van der Waals surface area contributed by atoms with E-state index in [1.54, 1.807) is 6.92 Å². The highest BCUT2D eigenvalue weighted by molar-refractivity contribution is 5.81. The summed E-state index contributed by atoms with van der Waals surface area (Å²) in [4.78, 5) is 42.5. The number of hydrogen-bond donors (Lipinski definition) is 2. The Kier molecular flexibility index (Phi) is 7.84. The molecule has 16 heteroatoms. The van der Waals surface area contributed by atoms with Crippen LogP contribution in [-0.4, -0.2) is 45.4 Å². The lowest BCUT2D eigenvalue weighted by Crippen LogP contribution is -2.31. The minimum absolute atomic E-state index is 0.00172. The lowest BCUT2D eigenvalue weighted by atomic mass is 10.2. The van der Waals surface area contributed by atoms with E-state index in [2.05, 4.69) is 36.2 Å². The van der Waals surface area contributed by atoms with Gasteiger partial charge in [-0.1, -0.05) is 12.8 Å². The lowest BCUT2D eigenvalue weighted by molar-refractivity contribution is -0.191. The zero-order valence-electron chi connectivity index (χ0n) is 16.9. The number of aryl methyl sites for hydroxylation is 1. The second-order valence-electron chi connectivity index (χ2n) is 6.02. The molecule has 2 aromatic rings. The summed E-state index contributed by atoms with van der Waals surface area (Å²) in [5.41, 5.74) is 3.65. The molecule has 0 unspecified atom stereocenters. The van der Waals surface area contributed by atoms with Gasteiger partial charge in [0.2, 0.25) is 5.95 Å². The Labute approximate surface area is 185 Å². The molecule has 2 N–H and O–H groups in total. The molecule has 0 fully saturated rings. The smallest absolute Gasteiger partial charge is 0.416 e. The molecule has 2 rings (SSSR count). The maximum atomic E-state index is 12.6. The Balaban J connectivity index is 2.57. The van der Waals surface area contributed by atoms with Gasteiger partial charge in [-0.05, 0) is 12.1 Å². The van der Waals surface area contributed by atoms with Gasteiger partial charge in [-0.15, -0.1) is 6.42 Å². The normalized spacial score (nSPS) is 11.5. The fraction of sp³-hybridized carbons (Fsp3) is 0.278. The van der Waals surface area contributed by atoms with Gasteiger partial charge in [-0.3, -0.25) is 5.43 Å². The van der Waals surface area contributed by atoms with Gasteiger partial charge in [0.15, 0.2) is 11.5 Å². The first-order chi connectivity index (χ1) is 15.8. The molecule has 34 heavy (non-hydrogen) atoms. The maximum Gasteiger partial charge on any atom is 0.491 e. The number of alkyl halides is 6. The molecule has 0 bridgehead atoms. The van der Waals surface area contributed by atoms with Crippen molar-refractivity contribution in [1.29, 1.82) is 0 Å². The Bertz CT molecular complexity index is 1190. The van der Waals surface area contributed by atoms with Crippen molar-refractivity contribution in [1.82, 2.24) is 20.0 Å². The Morgan fingerprint density at radius 1 is 1.06 bits per heavy atom. The summed E-state index contributed by atoms with van der Waals surface area (Å²) in [6.07, 6.45) is -5.90. The van der Waals surface area contributed by atoms with Gasteiger partial charge < -0.3 is 9.47 Å². The standard InChI is InChI=1S/C18H13F6N5O5/c1-3-7-25-28-15-26-12(4-2)29(16(32)27-15)9-5-6-10(33-13(30)17(19,20)21)11(8-9)34-14(31)18(22,23)24/h1,5-6,8,25H,4,7H2,2H3,(H,27,28,32). The van der Waals surface area contributed by atoms with Gasteiger partial charge in [-0.25, -0.2) is 24.4 Å². The number of anilines is 1. The summed E-state index contributed by atoms with van der Waals surface area (Å²) in [6.45, 7) is 1.60. The number of terminal acetylenes is 1. The van der Waals surface area contributed by atoms with Crippen molar-refractivity contribution in [2.75, 3.05) is 12.0 Å². The monoisotopic (exact) mass is 493 g/mol. The van der Waals surface area contributed by atoms with Crippen LogP contribution in [0, 0.1) is 12.3 Å². The lowest BCUT2D eigenvalue weighted by Gasteiger charge is -2.16. The molecule has 0 aliphatic carbocycles. The van der Waals surface area contributed by atoms with Crippen LogP contribution in [0.4, 0.5) is 32.3 Å². The molecular formula is C18H13F6N5O5. The average molecular weight is 493 g/mol. The Morgan fingerprint density at radius 2 is 1.65 bits per heavy atom. The number of ether oxygens (including phenoxy) is 2. The van der Waals surface area contributed by atoms with Crippen LogP contribution in [0.2, 0.25) is 0 Å². The van der Waals surface area contributed by atoms with Crippen LogP contribution < -0.4 is 26.0 Å². The van der Waals surface area contributed by atoms with Crippen molar-refractivity contribution in [3.05, 3.63) is 34.5 Å². The first-order valence-electron chi connectivity index (χ1n) is 8.92. The number of nitrogens with zero attached hydrogens (tertiary/aromatic N) is 3. The van der Waals surface area contributed by atoms with Gasteiger partial charge in [0.05, 0.1) is 12.2 Å². The Morgan fingerprint density at radius 3 is 2.18 bits per heavy atom. The van der Waals surface area contributed by atoms with Crippen LogP contribution in [0.1, 0.15) is 12.7 Å². The van der Waals surface area contributed by atoms with Crippen LogP contribution in [0.3, 0.4) is 0 Å². The first-order valence-corrected chi connectivity index (χ1v) is 8.92. The van der Waals surface area contributed by atoms with Crippen molar-refractivity contribution in [3.63, 3.8) is 0 Å². The highest BCUT2D eigenvalue weighted by atomic mass is 19.4. The molecule has 0 saturated heterocycles. The molecule has 0 saturated carbocycles. The number of hydrazine groups is 1. The SMILES string of the molecule is C#CCNNc1nc(CC)n(-c2ccc(OC(=O)C(F)(F)F)c(OC(=O)C(F)(F)F)c2)c(=O)n1. The van der Waals surface area contributed by atoms with Gasteiger partial charge in [0.1, 0.15) is 5.82 Å². The second-order valence-corrected chi connectivity index (χ2v) is 6.02. The van der Waals surface area contributed by atoms with E-state index < -0.39 is 41.5 Å². The number of rotatable bonds is 7. The summed E-state index contributed by atoms with van der Waals surface area (Å²) in [7, 11) is 0. The highest BCUT2D eigenvalue weighted by Gasteiger charge is 2.44. The fourth-order valence-corrected chi connectivity index (χ4v) is 2.29. The third-order valence-electron chi connectivity index (χ3n) is 3.65. The molecule has 182 valence electrons. The number of esters is 2. The maximum absolute atomic E-state index is 12.6. The predicted octanol–water partition coefficient (Wildman–Crippen LogP) is 1.67. The molecule has 0 spiro atoms. The number of carbonyl (C=O) groups excluding carboxylic acids is 2. The van der Waals surface area contributed by atoms with E-state index in [0.717, 1.165) is 10.6 Å². The van der Waals surface area contributed by atoms with E-state index in [0.29, 0.717) is 12.1 Å². The van der Waals surface area contributed by atoms with Gasteiger partial charge in [0, 0.05) is 12.5 Å². The van der Waals surface area contributed by atoms with Crippen molar-refractivity contribution in [2.24, 2.45) is 0 Å². The van der Waals surface area contributed by atoms with Gasteiger partial charge >= 0.3 is 30.0 Å².